The lowest BCUT2D eigenvalue weighted by atomic mass is 9.56. The minimum atomic E-state index is -0.180. The molecule has 1 heterocycles. The first-order valence-corrected chi connectivity index (χ1v) is 10.2. The molecular weight excluding hydrogens is 368 g/mol. The molecule has 3 unspecified atom stereocenters. The fourth-order valence-electron chi connectivity index (χ4n) is 3.97. The van der Waals surface area contributed by atoms with E-state index in [4.69, 9.17) is 9.47 Å². The van der Waals surface area contributed by atoms with E-state index in [0.717, 1.165) is 24.2 Å². The van der Waals surface area contributed by atoms with E-state index in [-0.39, 0.29) is 35.6 Å². The molecular formula is C22H34N4O3. The first kappa shape index (κ1) is 21.4. The molecule has 1 aliphatic carbocycles. The zero-order valence-corrected chi connectivity index (χ0v) is 18.4. The lowest BCUT2D eigenvalue weighted by Crippen LogP contribution is -2.69. The lowest BCUT2D eigenvalue weighted by Gasteiger charge is -2.59. The smallest absolute Gasteiger partial charge is 0.243 e. The van der Waals surface area contributed by atoms with E-state index in [1.807, 2.05) is 18.2 Å². The molecule has 0 bridgehead atoms. The number of likely N-dealkylation sites (N-methyl/N-ethyl adjacent to an activating group) is 1. The predicted octanol–water partition coefficient (Wildman–Crippen LogP) is 2.34. The van der Waals surface area contributed by atoms with Crippen LogP contribution in [0, 0.1) is 5.41 Å². The molecule has 7 heteroatoms. The minimum Gasteiger partial charge on any atom is -0.493 e. The van der Waals surface area contributed by atoms with E-state index in [2.05, 4.69) is 42.5 Å². The second-order valence-electron chi connectivity index (χ2n) is 8.88. The third-order valence-corrected chi connectivity index (χ3v) is 6.73. The molecule has 0 radical (unpaired) electrons. The Hall–Kier alpha value is -2.28. The van der Waals surface area contributed by atoms with E-state index in [9.17, 15) is 4.79 Å². The second kappa shape index (κ2) is 8.22. The van der Waals surface area contributed by atoms with E-state index in [1.54, 1.807) is 26.1 Å². The van der Waals surface area contributed by atoms with Gasteiger partial charge in [0.1, 0.15) is 12.3 Å². The number of amides is 1. The molecule has 29 heavy (non-hydrogen) atoms. The van der Waals surface area contributed by atoms with Crippen molar-refractivity contribution in [1.82, 2.24) is 15.5 Å². The quantitative estimate of drug-likeness (QED) is 0.584. The number of aliphatic imine (C=N–C) groups is 1. The highest BCUT2D eigenvalue weighted by Gasteiger charge is 2.58. The Morgan fingerprint density at radius 3 is 2.66 bits per heavy atom. The largest absolute Gasteiger partial charge is 0.493 e. The van der Waals surface area contributed by atoms with Crippen LogP contribution in [0.25, 0.3) is 0 Å². The molecule has 7 nitrogen and oxygen atoms in total. The van der Waals surface area contributed by atoms with Crippen molar-refractivity contribution in [2.24, 2.45) is 10.4 Å². The SMILES string of the molecule is COC1(C)CC(NC(=NCC(=O)N(C)C)NC2CCOc3ccccc32)C1(C)C. The first-order chi connectivity index (χ1) is 13.7. The summed E-state index contributed by atoms with van der Waals surface area (Å²) in [6.45, 7) is 7.28. The van der Waals surface area contributed by atoms with Crippen LogP contribution in [0.5, 0.6) is 5.75 Å². The fraction of sp³-hybridized carbons (Fsp3) is 0.636. The number of hydrogen-bond donors (Lipinski definition) is 2. The van der Waals surface area contributed by atoms with Crippen LogP contribution in [0.15, 0.2) is 29.3 Å². The number of carbonyl (C=O) groups is 1. The molecule has 2 aliphatic rings. The van der Waals surface area contributed by atoms with Crippen LogP contribution >= 0.6 is 0 Å². The second-order valence-corrected chi connectivity index (χ2v) is 8.88. The number of nitrogens with zero attached hydrogens (tertiary/aromatic N) is 2. The van der Waals surface area contributed by atoms with E-state index < -0.39 is 0 Å². The third kappa shape index (κ3) is 4.20. The van der Waals surface area contributed by atoms with Gasteiger partial charge >= 0.3 is 0 Å². The van der Waals surface area contributed by atoms with Crippen molar-refractivity contribution in [3.8, 4) is 5.75 Å². The molecule has 3 rings (SSSR count). The van der Waals surface area contributed by atoms with Gasteiger partial charge in [0.05, 0.1) is 18.2 Å². The Balaban J connectivity index is 1.78. The first-order valence-electron chi connectivity index (χ1n) is 10.2. The molecule has 160 valence electrons. The highest BCUT2D eigenvalue weighted by Crippen LogP contribution is 2.51. The Bertz CT molecular complexity index is 777. The monoisotopic (exact) mass is 402 g/mol. The average Bonchev–Trinajstić information content (AvgIpc) is 2.71. The molecule has 0 spiro atoms. The number of carbonyl (C=O) groups excluding carboxylic acids is 1. The summed E-state index contributed by atoms with van der Waals surface area (Å²) in [7, 11) is 5.25. The van der Waals surface area contributed by atoms with Crippen LogP contribution < -0.4 is 15.4 Å². The van der Waals surface area contributed by atoms with Gasteiger partial charge in [-0.1, -0.05) is 32.0 Å². The number of para-hydroxylation sites is 1. The summed E-state index contributed by atoms with van der Waals surface area (Å²) >= 11 is 0. The highest BCUT2D eigenvalue weighted by atomic mass is 16.5. The maximum atomic E-state index is 12.1. The minimum absolute atomic E-state index is 0.0342. The lowest BCUT2D eigenvalue weighted by molar-refractivity contribution is -0.176. The van der Waals surface area contributed by atoms with Crippen LogP contribution in [0.2, 0.25) is 0 Å². The summed E-state index contributed by atoms with van der Waals surface area (Å²) in [5.41, 5.74) is 0.867. The Morgan fingerprint density at radius 1 is 1.28 bits per heavy atom. The summed E-state index contributed by atoms with van der Waals surface area (Å²) in [5, 5.41) is 7.09. The number of rotatable bonds is 5. The highest BCUT2D eigenvalue weighted by molar-refractivity contribution is 5.85. The van der Waals surface area contributed by atoms with Gasteiger partial charge in [-0.3, -0.25) is 4.79 Å². The molecule has 3 atom stereocenters. The standard InChI is InChI=1S/C22H34N4O3/c1-21(2)18(13-22(21,3)28-6)25-20(23-14-19(27)26(4)5)24-16-11-12-29-17-10-8-7-9-15(16)17/h7-10,16,18H,11-14H2,1-6H3,(H2,23,24,25). The fourth-order valence-corrected chi connectivity index (χ4v) is 3.97. The van der Waals surface area contributed by atoms with Crippen LogP contribution in [0.1, 0.15) is 45.2 Å². The summed E-state index contributed by atoms with van der Waals surface area (Å²) in [6.07, 6.45) is 1.71. The van der Waals surface area contributed by atoms with Gasteiger partial charge in [0.25, 0.3) is 0 Å². The average molecular weight is 403 g/mol. The number of methoxy groups -OCH3 is 1. The number of ether oxygens (including phenoxy) is 2. The summed E-state index contributed by atoms with van der Waals surface area (Å²) < 4.78 is 11.5. The van der Waals surface area contributed by atoms with Gasteiger partial charge < -0.3 is 25.0 Å². The maximum absolute atomic E-state index is 12.1. The summed E-state index contributed by atoms with van der Waals surface area (Å²) in [5.74, 6) is 1.52. The van der Waals surface area contributed by atoms with Gasteiger partial charge in [-0.05, 0) is 19.4 Å². The summed E-state index contributed by atoms with van der Waals surface area (Å²) in [4.78, 5) is 18.3. The number of benzene rings is 1. The van der Waals surface area contributed by atoms with Crippen molar-refractivity contribution in [3.05, 3.63) is 29.8 Å². The van der Waals surface area contributed by atoms with Gasteiger partial charge in [-0.2, -0.15) is 0 Å². The summed E-state index contributed by atoms with van der Waals surface area (Å²) in [6, 6.07) is 8.33. The van der Waals surface area contributed by atoms with Crippen LogP contribution in [-0.4, -0.2) is 62.8 Å². The Morgan fingerprint density at radius 2 is 2.00 bits per heavy atom. The normalized spacial score (nSPS) is 27.9. The number of guanidine groups is 1. The number of nitrogens with one attached hydrogen (secondary N) is 2. The topological polar surface area (TPSA) is 75.2 Å². The number of fused-ring (bicyclic) bond motifs is 1. The van der Waals surface area contributed by atoms with Crippen LogP contribution in [0.4, 0.5) is 0 Å². The number of hydrogen-bond acceptors (Lipinski definition) is 4. The molecule has 1 aromatic carbocycles. The Labute approximate surface area is 173 Å². The molecule has 1 saturated carbocycles. The van der Waals surface area contributed by atoms with Gasteiger partial charge in [0.15, 0.2) is 5.96 Å². The van der Waals surface area contributed by atoms with E-state index in [1.165, 1.54) is 0 Å². The van der Waals surface area contributed by atoms with Gasteiger partial charge in [-0.25, -0.2) is 4.99 Å². The molecule has 0 saturated heterocycles. The van der Waals surface area contributed by atoms with Crippen molar-refractivity contribution in [3.63, 3.8) is 0 Å². The van der Waals surface area contributed by atoms with Crippen molar-refractivity contribution < 1.29 is 14.3 Å². The van der Waals surface area contributed by atoms with Gasteiger partial charge in [0.2, 0.25) is 5.91 Å². The molecule has 1 aromatic rings. The van der Waals surface area contributed by atoms with Crippen molar-refractivity contribution >= 4 is 11.9 Å². The molecule has 2 N–H and O–H groups in total. The van der Waals surface area contributed by atoms with E-state index >= 15 is 0 Å². The van der Waals surface area contributed by atoms with Gasteiger partial charge in [0, 0.05) is 44.6 Å². The molecule has 1 amide bonds. The third-order valence-electron chi connectivity index (χ3n) is 6.73. The van der Waals surface area contributed by atoms with Crippen molar-refractivity contribution in [2.75, 3.05) is 34.4 Å². The van der Waals surface area contributed by atoms with E-state index in [0.29, 0.717) is 12.6 Å². The van der Waals surface area contributed by atoms with Crippen molar-refractivity contribution in [2.45, 2.75) is 51.3 Å². The van der Waals surface area contributed by atoms with Crippen molar-refractivity contribution in [1.29, 1.82) is 0 Å². The predicted molar refractivity (Wildman–Crippen MR) is 114 cm³/mol. The molecule has 1 aliphatic heterocycles. The Kier molecular flexibility index (Phi) is 6.08. The molecule has 1 fully saturated rings. The zero-order valence-electron chi connectivity index (χ0n) is 18.4. The molecule has 0 aromatic heterocycles. The van der Waals surface area contributed by atoms with Crippen LogP contribution in [-0.2, 0) is 9.53 Å². The van der Waals surface area contributed by atoms with Gasteiger partial charge in [-0.15, -0.1) is 0 Å². The van der Waals surface area contributed by atoms with Crippen LogP contribution in [0.3, 0.4) is 0 Å². The zero-order chi connectivity index (χ0) is 21.2. The maximum Gasteiger partial charge on any atom is 0.243 e.